The summed E-state index contributed by atoms with van der Waals surface area (Å²) in [6.07, 6.45) is 1.73. The van der Waals surface area contributed by atoms with E-state index < -0.39 is 6.61 Å². The van der Waals surface area contributed by atoms with Crippen LogP contribution in [0, 0.1) is 0 Å². The standard InChI is InChI=1S/C14H17F2N3O/c1-10(2)17-9-11-7-8-19(18-11)12-5-3-4-6-13(12)20-14(15)16/h3-8,10,14,17H,9H2,1-2H3. The van der Waals surface area contributed by atoms with E-state index in [1.54, 1.807) is 24.4 Å². The number of hydrogen-bond acceptors (Lipinski definition) is 3. The van der Waals surface area contributed by atoms with Gasteiger partial charge < -0.3 is 10.1 Å². The van der Waals surface area contributed by atoms with Crippen LogP contribution in [0.15, 0.2) is 36.5 Å². The number of para-hydroxylation sites is 2. The normalized spacial score (nSPS) is 11.3. The van der Waals surface area contributed by atoms with Gasteiger partial charge in [0, 0.05) is 18.8 Å². The first-order chi connectivity index (χ1) is 9.56. The largest absolute Gasteiger partial charge is 0.433 e. The molecule has 0 spiro atoms. The third-order valence-corrected chi connectivity index (χ3v) is 2.66. The van der Waals surface area contributed by atoms with E-state index in [9.17, 15) is 8.78 Å². The van der Waals surface area contributed by atoms with Crippen LogP contribution < -0.4 is 10.1 Å². The molecule has 0 radical (unpaired) electrons. The van der Waals surface area contributed by atoms with E-state index in [0.717, 1.165) is 5.69 Å². The van der Waals surface area contributed by atoms with Gasteiger partial charge in [0.2, 0.25) is 0 Å². The lowest BCUT2D eigenvalue weighted by atomic mass is 10.3. The molecule has 1 aromatic heterocycles. The first kappa shape index (κ1) is 14.5. The molecule has 4 nitrogen and oxygen atoms in total. The maximum atomic E-state index is 12.4. The minimum atomic E-state index is -2.85. The highest BCUT2D eigenvalue weighted by molar-refractivity contribution is 5.46. The number of halogens is 2. The highest BCUT2D eigenvalue weighted by Crippen LogP contribution is 2.23. The number of rotatable bonds is 6. The second kappa shape index (κ2) is 6.47. The van der Waals surface area contributed by atoms with Crippen LogP contribution in [0.5, 0.6) is 5.75 Å². The number of benzene rings is 1. The SMILES string of the molecule is CC(C)NCc1ccn(-c2ccccc2OC(F)F)n1. The van der Waals surface area contributed by atoms with Crippen molar-refractivity contribution in [3.63, 3.8) is 0 Å². The van der Waals surface area contributed by atoms with Crippen LogP contribution in [-0.2, 0) is 6.54 Å². The van der Waals surface area contributed by atoms with Crippen LogP contribution in [0.3, 0.4) is 0 Å². The monoisotopic (exact) mass is 281 g/mol. The summed E-state index contributed by atoms with van der Waals surface area (Å²) < 4.78 is 30.8. The van der Waals surface area contributed by atoms with Crippen molar-refractivity contribution in [3.05, 3.63) is 42.2 Å². The van der Waals surface area contributed by atoms with Crippen LogP contribution >= 0.6 is 0 Å². The highest BCUT2D eigenvalue weighted by atomic mass is 19.3. The Morgan fingerprint density at radius 2 is 2.00 bits per heavy atom. The summed E-state index contributed by atoms with van der Waals surface area (Å²) in [5.41, 5.74) is 1.33. The van der Waals surface area contributed by atoms with Crippen LogP contribution in [-0.4, -0.2) is 22.4 Å². The Morgan fingerprint density at radius 3 is 2.70 bits per heavy atom. The molecule has 0 aliphatic carbocycles. The molecule has 0 bridgehead atoms. The fraction of sp³-hybridized carbons (Fsp3) is 0.357. The average molecular weight is 281 g/mol. The predicted molar refractivity (Wildman–Crippen MR) is 72.2 cm³/mol. The molecule has 2 aromatic rings. The second-order valence-corrected chi connectivity index (χ2v) is 4.63. The number of alkyl halides is 2. The fourth-order valence-electron chi connectivity index (χ4n) is 1.74. The van der Waals surface area contributed by atoms with Crippen molar-refractivity contribution in [1.29, 1.82) is 0 Å². The molecule has 0 fully saturated rings. The Hall–Kier alpha value is -1.95. The summed E-state index contributed by atoms with van der Waals surface area (Å²) in [7, 11) is 0. The van der Waals surface area contributed by atoms with Gasteiger partial charge in [-0.3, -0.25) is 0 Å². The minimum absolute atomic E-state index is 0.106. The number of nitrogens with one attached hydrogen (secondary N) is 1. The van der Waals surface area contributed by atoms with Crippen molar-refractivity contribution in [1.82, 2.24) is 15.1 Å². The lowest BCUT2D eigenvalue weighted by Gasteiger charge is -2.10. The van der Waals surface area contributed by atoms with Crippen LogP contribution in [0.4, 0.5) is 8.78 Å². The summed E-state index contributed by atoms with van der Waals surface area (Å²) in [6.45, 7) is 1.86. The number of nitrogens with zero attached hydrogens (tertiary/aromatic N) is 2. The van der Waals surface area contributed by atoms with Gasteiger partial charge in [0.15, 0.2) is 5.75 Å². The fourth-order valence-corrected chi connectivity index (χ4v) is 1.74. The zero-order valence-corrected chi connectivity index (χ0v) is 11.4. The smallest absolute Gasteiger partial charge is 0.387 e. The van der Waals surface area contributed by atoms with E-state index in [1.165, 1.54) is 10.7 Å². The molecule has 0 aliphatic rings. The Balaban J connectivity index is 2.19. The molecule has 2 rings (SSSR count). The molecule has 108 valence electrons. The van der Waals surface area contributed by atoms with E-state index in [0.29, 0.717) is 18.3 Å². The maximum Gasteiger partial charge on any atom is 0.387 e. The molecule has 0 amide bonds. The topological polar surface area (TPSA) is 39.1 Å². The van der Waals surface area contributed by atoms with Crippen LogP contribution in [0.2, 0.25) is 0 Å². The molecule has 0 atom stereocenters. The van der Waals surface area contributed by atoms with Crippen LogP contribution in [0.25, 0.3) is 5.69 Å². The number of aromatic nitrogens is 2. The first-order valence-corrected chi connectivity index (χ1v) is 6.38. The van der Waals surface area contributed by atoms with Crippen molar-refractivity contribution in [2.75, 3.05) is 0 Å². The first-order valence-electron chi connectivity index (χ1n) is 6.38. The summed E-state index contributed by atoms with van der Waals surface area (Å²) in [5, 5.41) is 7.60. The zero-order valence-electron chi connectivity index (χ0n) is 11.4. The quantitative estimate of drug-likeness (QED) is 0.884. The zero-order chi connectivity index (χ0) is 14.5. The molecular weight excluding hydrogens is 264 g/mol. The van der Waals surface area contributed by atoms with Gasteiger partial charge >= 0.3 is 6.61 Å². The predicted octanol–water partition coefficient (Wildman–Crippen LogP) is 2.97. The van der Waals surface area contributed by atoms with E-state index in [-0.39, 0.29) is 5.75 Å². The van der Waals surface area contributed by atoms with Crippen molar-refractivity contribution < 1.29 is 13.5 Å². The molecule has 1 aromatic carbocycles. The average Bonchev–Trinajstić information content (AvgIpc) is 2.85. The third kappa shape index (κ3) is 3.77. The molecule has 1 N–H and O–H groups in total. The third-order valence-electron chi connectivity index (χ3n) is 2.66. The van der Waals surface area contributed by atoms with Gasteiger partial charge in [-0.25, -0.2) is 4.68 Å². The van der Waals surface area contributed by atoms with Crippen LogP contribution in [0.1, 0.15) is 19.5 Å². The van der Waals surface area contributed by atoms with Crippen molar-refractivity contribution >= 4 is 0 Å². The molecule has 6 heteroatoms. The Labute approximate surface area is 116 Å². The van der Waals surface area contributed by atoms with Crippen molar-refractivity contribution in [2.24, 2.45) is 0 Å². The maximum absolute atomic E-state index is 12.4. The molecular formula is C14H17F2N3O. The number of ether oxygens (including phenoxy) is 1. The van der Waals surface area contributed by atoms with E-state index in [4.69, 9.17) is 0 Å². The molecule has 0 saturated heterocycles. The van der Waals surface area contributed by atoms with Gasteiger partial charge in [0.25, 0.3) is 0 Å². The summed E-state index contributed by atoms with van der Waals surface area (Å²) in [6, 6.07) is 8.77. The van der Waals surface area contributed by atoms with E-state index in [2.05, 4.69) is 15.2 Å². The minimum Gasteiger partial charge on any atom is -0.433 e. The molecule has 20 heavy (non-hydrogen) atoms. The lowest BCUT2D eigenvalue weighted by Crippen LogP contribution is -2.22. The van der Waals surface area contributed by atoms with Gasteiger partial charge in [0.05, 0.1) is 5.69 Å². The molecule has 0 aliphatic heterocycles. The van der Waals surface area contributed by atoms with Gasteiger partial charge in [-0.1, -0.05) is 26.0 Å². The Morgan fingerprint density at radius 1 is 1.25 bits per heavy atom. The van der Waals surface area contributed by atoms with Gasteiger partial charge in [-0.15, -0.1) is 0 Å². The molecule has 0 saturated carbocycles. The molecule has 1 heterocycles. The van der Waals surface area contributed by atoms with E-state index >= 15 is 0 Å². The second-order valence-electron chi connectivity index (χ2n) is 4.63. The molecule has 0 unspecified atom stereocenters. The number of hydrogen-bond donors (Lipinski definition) is 1. The van der Waals surface area contributed by atoms with E-state index in [1.807, 2.05) is 19.9 Å². The summed E-state index contributed by atoms with van der Waals surface area (Å²) in [4.78, 5) is 0. The highest BCUT2D eigenvalue weighted by Gasteiger charge is 2.11. The summed E-state index contributed by atoms with van der Waals surface area (Å²) >= 11 is 0. The Bertz CT molecular complexity index is 555. The Kier molecular flexibility index (Phi) is 4.68. The lowest BCUT2D eigenvalue weighted by molar-refractivity contribution is -0.0499. The van der Waals surface area contributed by atoms with Gasteiger partial charge in [-0.2, -0.15) is 13.9 Å². The summed E-state index contributed by atoms with van der Waals surface area (Å²) in [5.74, 6) is 0.106. The van der Waals surface area contributed by atoms with Gasteiger partial charge in [0.1, 0.15) is 5.69 Å². The van der Waals surface area contributed by atoms with Crippen molar-refractivity contribution in [2.45, 2.75) is 33.0 Å². The van der Waals surface area contributed by atoms with Crippen molar-refractivity contribution in [3.8, 4) is 11.4 Å². The van der Waals surface area contributed by atoms with Gasteiger partial charge in [-0.05, 0) is 18.2 Å².